The molecule has 1 aliphatic rings. The lowest BCUT2D eigenvalue weighted by molar-refractivity contribution is 0.945. The van der Waals surface area contributed by atoms with Gasteiger partial charge in [0.15, 0.2) is 0 Å². The molecule has 0 aliphatic heterocycles. The minimum atomic E-state index is 0.902. The number of allylic oxidation sites excluding steroid dienone is 1. The molecule has 53 heavy (non-hydrogen) atoms. The molecule has 2 heterocycles. The van der Waals surface area contributed by atoms with Gasteiger partial charge < -0.3 is 4.57 Å². The first-order valence-electron chi connectivity index (χ1n) is 18.9. The van der Waals surface area contributed by atoms with E-state index in [9.17, 15) is 0 Å². The molecule has 0 saturated heterocycles. The highest BCUT2D eigenvalue weighted by Gasteiger charge is 2.22. The van der Waals surface area contributed by atoms with E-state index in [0.29, 0.717) is 0 Å². The maximum absolute atomic E-state index is 4.83. The van der Waals surface area contributed by atoms with Crippen molar-refractivity contribution in [1.82, 2.24) is 9.13 Å². The highest BCUT2D eigenvalue weighted by molar-refractivity contribution is 6.09. The lowest BCUT2D eigenvalue weighted by Crippen LogP contribution is -2.00. The van der Waals surface area contributed by atoms with Gasteiger partial charge >= 0.3 is 0 Å². The summed E-state index contributed by atoms with van der Waals surface area (Å²) in [5, 5.41) is 2.58. The SMILES string of the molecule is C/C=N\c1c(CC)c2c(n1-c1ccc(Cc3ccc(-c4ccc(Cc5ccc(-n6c7ccccc7c7ccccc76)cc5)cc4)cc3)cc1)C=CCC2. The van der Waals surface area contributed by atoms with E-state index in [1.165, 1.54) is 83.4 Å². The summed E-state index contributed by atoms with van der Waals surface area (Å²) in [6.07, 6.45) is 11.5. The zero-order valence-electron chi connectivity index (χ0n) is 30.5. The number of hydrogen-bond acceptors (Lipinski definition) is 1. The van der Waals surface area contributed by atoms with Crippen LogP contribution < -0.4 is 0 Å². The molecule has 0 saturated carbocycles. The Morgan fingerprint density at radius 2 is 1.04 bits per heavy atom. The zero-order valence-corrected chi connectivity index (χ0v) is 30.5. The number of hydrogen-bond donors (Lipinski definition) is 0. The first-order chi connectivity index (χ1) is 26.2. The molecule has 3 heteroatoms. The lowest BCUT2D eigenvalue weighted by Gasteiger charge is -2.13. The molecule has 6 aromatic carbocycles. The molecule has 0 amide bonds. The molecule has 0 N–H and O–H groups in total. The van der Waals surface area contributed by atoms with Crippen LogP contribution in [0.1, 0.15) is 59.3 Å². The van der Waals surface area contributed by atoms with Crippen molar-refractivity contribution in [3.05, 3.63) is 191 Å². The summed E-state index contributed by atoms with van der Waals surface area (Å²) in [5.41, 5.74) is 16.7. The summed E-state index contributed by atoms with van der Waals surface area (Å²) in [5.74, 6) is 1.08. The summed E-state index contributed by atoms with van der Waals surface area (Å²) in [6, 6.07) is 53.5. The third-order valence-electron chi connectivity index (χ3n) is 10.9. The molecule has 2 aromatic heterocycles. The van der Waals surface area contributed by atoms with E-state index in [1.807, 2.05) is 13.1 Å². The second kappa shape index (κ2) is 14.1. The van der Waals surface area contributed by atoms with Crippen LogP contribution >= 0.6 is 0 Å². The molecule has 0 unspecified atom stereocenters. The van der Waals surface area contributed by atoms with Gasteiger partial charge in [0.1, 0.15) is 5.82 Å². The molecule has 1 aliphatic carbocycles. The van der Waals surface area contributed by atoms with E-state index in [1.54, 1.807) is 0 Å². The Balaban J connectivity index is 0.871. The van der Waals surface area contributed by atoms with Crippen molar-refractivity contribution >= 4 is 39.9 Å². The van der Waals surface area contributed by atoms with Gasteiger partial charge in [-0.2, -0.15) is 0 Å². The molecule has 0 atom stereocenters. The molecule has 0 spiro atoms. The maximum Gasteiger partial charge on any atom is 0.140 e. The predicted octanol–water partition coefficient (Wildman–Crippen LogP) is 12.7. The summed E-state index contributed by atoms with van der Waals surface area (Å²) >= 11 is 0. The molecule has 258 valence electrons. The van der Waals surface area contributed by atoms with Gasteiger partial charge in [0.25, 0.3) is 0 Å². The van der Waals surface area contributed by atoms with Crippen LogP contribution in [0.4, 0.5) is 5.82 Å². The standard InChI is InChI=1S/C50H43N3/c1-3-43-44-11-5-10-16-49(44)53(50(43)51-4-2)42-31-23-38(24-32-42)34-36-19-27-40(28-20-36)39-25-17-35(18-26-39)33-37-21-29-41(30-22-37)52-47-14-8-6-12-45(47)46-13-7-9-15-48(46)52/h4,6-10,12-32H,3,5,11,33-34H2,1-2H3/b51-4-. The van der Waals surface area contributed by atoms with Crippen molar-refractivity contribution in [2.45, 2.75) is 46.0 Å². The number of nitrogens with zero attached hydrogens (tertiary/aromatic N) is 3. The highest BCUT2D eigenvalue weighted by Crippen LogP contribution is 2.38. The van der Waals surface area contributed by atoms with Gasteiger partial charge in [0, 0.05) is 33.9 Å². The maximum atomic E-state index is 4.83. The Hall–Kier alpha value is -6.19. The number of para-hydroxylation sites is 2. The fourth-order valence-corrected chi connectivity index (χ4v) is 8.27. The van der Waals surface area contributed by atoms with Gasteiger partial charge in [0.05, 0.1) is 16.7 Å². The van der Waals surface area contributed by atoms with Crippen LogP contribution in [0.2, 0.25) is 0 Å². The van der Waals surface area contributed by atoms with Crippen LogP contribution in [0.25, 0.3) is 50.4 Å². The van der Waals surface area contributed by atoms with Gasteiger partial charge in [0.2, 0.25) is 0 Å². The van der Waals surface area contributed by atoms with Gasteiger partial charge in [-0.05, 0) is 120 Å². The molecule has 0 fully saturated rings. The first-order valence-corrected chi connectivity index (χ1v) is 18.9. The van der Waals surface area contributed by atoms with Crippen LogP contribution in [0.5, 0.6) is 0 Å². The molecule has 0 bridgehead atoms. The van der Waals surface area contributed by atoms with Crippen LogP contribution in [0.15, 0.2) is 157 Å². The molecular formula is C50H43N3. The Morgan fingerprint density at radius 1 is 0.566 bits per heavy atom. The van der Waals surface area contributed by atoms with Crippen molar-refractivity contribution in [1.29, 1.82) is 0 Å². The zero-order chi connectivity index (χ0) is 35.7. The highest BCUT2D eigenvalue weighted by atomic mass is 15.1. The van der Waals surface area contributed by atoms with Gasteiger partial charge in [-0.25, -0.2) is 4.99 Å². The van der Waals surface area contributed by atoms with E-state index in [0.717, 1.165) is 37.9 Å². The van der Waals surface area contributed by atoms with E-state index >= 15 is 0 Å². The minimum Gasteiger partial charge on any atom is -0.309 e. The fraction of sp³-hybridized carbons (Fsp3) is 0.140. The summed E-state index contributed by atoms with van der Waals surface area (Å²) in [7, 11) is 0. The second-order valence-corrected chi connectivity index (χ2v) is 14.1. The Morgan fingerprint density at radius 3 is 1.53 bits per heavy atom. The molecule has 3 nitrogen and oxygen atoms in total. The normalized spacial score (nSPS) is 12.6. The lowest BCUT2D eigenvalue weighted by atomic mass is 9.98. The van der Waals surface area contributed by atoms with Crippen LogP contribution in [-0.4, -0.2) is 15.3 Å². The molecule has 0 radical (unpaired) electrons. The Kier molecular flexibility index (Phi) is 8.69. The van der Waals surface area contributed by atoms with Crippen molar-refractivity contribution in [2.75, 3.05) is 0 Å². The van der Waals surface area contributed by atoms with Crippen molar-refractivity contribution < 1.29 is 0 Å². The third kappa shape index (κ3) is 6.13. The number of aliphatic imine (C=N–C) groups is 1. The van der Waals surface area contributed by atoms with E-state index in [4.69, 9.17) is 4.99 Å². The number of rotatable bonds is 9. The summed E-state index contributed by atoms with van der Waals surface area (Å²) in [4.78, 5) is 4.83. The van der Waals surface area contributed by atoms with Gasteiger partial charge in [-0.1, -0.05) is 122 Å². The Labute approximate surface area is 312 Å². The van der Waals surface area contributed by atoms with Crippen molar-refractivity contribution in [2.24, 2.45) is 4.99 Å². The second-order valence-electron chi connectivity index (χ2n) is 14.1. The van der Waals surface area contributed by atoms with E-state index in [-0.39, 0.29) is 0 Å². The van der Waals surface area contributed by atoms with Crippen molar-refractivity contribution in [3.63, 3.8) is 0 Å². The van der Waals surface area contributed by atoms with Crippen LogP contribution in [-0.2, 0) is 25.7 Å². The van der Waals surface area contributed by atoms with Gasteiger partial charge in [-0.3, -0.25) is 4.57 Å². The fourth-order valence-electron chi connectivity index (χ4n) is 8.27. The largest absolute Gasteiger partial charge is 0.309 e. The van der Waals surface area contributed by atoms with Gasteiger partial charge in [-0.15, -0.1) is 0 Å². The number of aromatic nitrogens is 2. The molecule has 8 aromatic rings. The number of fused-ring (bicyclic) bond motifs is 4. The topological polar surface area (TPSA) is 22.2 Å². The van der Waals surface area contributed by atoms with E-state index in [2.05, 4.69) is 174 Å². The average molecular weight is 686 g/mol. The van der Waals surface area contributed by atoms with Crippen LogP contribution in [0, 0.1) is 0 Å². The summed E-state index contributed by atoms with van der Waals surface area (Å²) < 4.78 is 4.72. The molecular weight excluding hydrogens is 643 g/mol. The summed E-state index contributed by atoms with van der Waals surface area (Å²) in [6.45, 7) is 4.24. The van der Waals surface area contributed by atoms with Crippen molar-refractivity contribution in [3.8, 4) is 22.5 Å². The minimum absolute atomic E-state index is 0.902. The Bertz CT molecular complexity index is 2560. The monoisotopic (exact) mass is 685 g/mol. The van der Waals surface area contributed by atoms with Crippen LogP contribution in [0.3, 0.4) is 0 Å². The van der Waals surface area contributed by atoms with E-state index < -0.39 is 0 Å². The predicted molar refractivity (Wildman–Crippen MR) is 225 cm³/mol. The first kappa shape index (κ1) is 32.7. The molecule has 9 rings (SSSR count). The quantitative estimate of drug-likeness (QED) is 0.135. The number of benzene rings is 6. The average Bonchev–Trinajstić information content (AvgIpc) is 3.72. The third-order valence-corrected chi connectivity index (χ3v) is 10.9. The smallest absolute Gasteiger partial charge is 0.140 e.